The maximum Gasteiger partial charge on any atom is 0.344 e. The van der Waals surface area contributed by atoms with Crippen molar-refractivity contribution < 1.29 is 24.2 Å². The van der Waals surface area contributed by atoms with Crippen molar-refractivity contribution in [2.45, 2.75) is 77.6 Å². The van der Waals surface area contributed by atoms with Crippen LogP contribution in [0.5, 0.6) is 5.75 Å². The molecule has 1 amide bonds. The summed E-state index contributed by atoms with van der Waals surface area (Å²) in [6.07, 6.45) is 2.86. The van der Waals surface area contributed by atoms with Gasteiger partial charge in [0.25, 0.3) is 5.91 Å². The van der Waals surface area contributed by atoms with Crippen molar-refractivity contribution in [3.63, 3.8) is 0 Å². The summed E-state index contributed by atoms with van der Waals surface area (Å²) >= 11 is 6.91. The van der Waals surface area contributed by atoms with E-state index in [-0.39, 0.29) is 30.4 Å². The predicted molar refractivity (Wildman–Crippen MR) is 145 cm³/mol. The monoisotopic (exact) mass is 543 g/mol. The summed E-state index contributed by atoms with van der Waals surface area (Å²) in [4.78, 5) is 27.7. The number of aromatic nitrogens is 1. The number of carbonyl (C=O) groups excluding carboxylic acids is 1. The van der Waals surface area contributed by atoms with Crippen LogP contribution < -0.4 is 10.1 Å². The molecular formula is C26H39Cl2N3O5. The Bertz CT molecular complexity index is 1020. The number of hydrogen-bond acceptors (Lipinski definition) is 5. The molecule has 1 saturated heterocycles. The summed E-state index contributed by atoms with van der Waals surface area (Å²) in [7, 11) is 1.67. The summed E-state index contributed by atoms with van der Waals surface area (Å²) < 4.78 is 13.1. The molecule has 10 heteroatoms. The zero-order chi connectivity index (χ0) is 25.5. The zero-order valence-corrected chi connectivity index (χ0v) is 23.2. The van der Waals surface area contributed by atoms with E-state index < -0.39 is 12.1 Å². The molecule has 1 aromatic carbocycles. The van der Waals surface area contributed by atoms with E-state index in [9.17, 15) is 14.7 Å². The van der Waals surface area contributed by atoms with Gasteiger partial charge in [0, 0.05) is 44.3 Å². The third-order valence-electron chi connectivity index (χ3n) is 6.54. The van der Waals surface area contributed by atoms with Crippen LogP contribution in [0.3, 0.4) is 0 Å². The number of methoxy groups -OCH3 is 1. The quantitative estimate of drug-likeness (QED) is 0.366. The number of nitrogens with one attached hydrogen (secondary N) is 1. The number of ether oxygens (including phenoxy) is 2. The molecule has 3 rings (SSSR count). The number of unbranched alkanes of at least 4 members (excludes halogenated alkanes) is 1. The number of nitrogens with zero attached hydrogens (tertiary/aromatic N) is 2. The van der Waals surface area contributed by atoms with Crippen molar-refractivity contribution in [1.82, 2.24) is 14.8 Å². The van der Waals surface area contributed by atoms with Gasteiger partial charge in [-0.15, -0.1) is 12.4 Å². The summed E-state index contributed by atoms with van der Waals surface area (Å²) in [6.45, 7) is 8.68. The predicted octanol–water partition coefficient (Wildman–Crippen LogP) is 4.99. The van der Waals surface area contributed by atoms with Crippen LogP contribution >= 0.6 is 24.0 Å². The smallest absolute Gasteiger partial charge is 0.344 e. The van der Waals surface area contributed by atoms with Gasteiger partial charge in [-0.05, 0) is 58.6 Å². The fourth-order valence-electron chi connectivity index (χ4n) is 4.86. The van der Waals surface area contributed by atoms with Gasteiger partial charge in [-0.25, -0.2) is 4.79 Å². The maximum absolute atomic E-state index is 14.1. The Morgan fingerprint density at radius 1 is 1.31 bits per heavy atom. The highest BCUT2D eigenvalue weighted by Crippen LogP contribution is 2.38. The van der Waals surface area contributed by atoms with Crippen molar-refractivity contribution in [2.24, 2.45) is 0 Å². The first kappa shape index (κ1) is 30.2. The van der Waals surface area contributed by atoms with Gasteiger partial charge in [0.1, 0.15) is 11.4 Å². The lowest BCUT2D eigenvalue weighted by molar-refractivity contribution is -0.145. The molecule has 0 saturated carbocycles. The number of piperidine rings is 1. The fraction of sp³-hybridized carbons (Fsp3) is 0.615. The Balaban J connectivity index is 0.00000456. The SMILES string of the molecule is CCC(Oc1cccc2c(Cl)c(C(=O)N(C(C)C)[C@@H]3CCCNC3)n(CCCCOC)c12)C(=O)O.Cl. The van der Waals surface area contributed by atoms with E-state index in [2.05, 4.69) is 5.32 Å². The van der Waals surface area contributed by atoms with Gasteiger partial charge in [0.2, 0.25) is 0 Å². The third-order valence-corrected chi connectivity index (χ3v) is 6.92. The number of carbonyl (C=O) groups is 2. The molecule has 1 aliphatic rings. The third kappa shape index (κ3) is 6.65. The van der Waals surface area contributed by atoms with Crippen LogP contribution in [0.15, 0.2) is 18.2 Å². The molecule has 1 unspecified atom stereocenters. The van der Waals surface area contributed by atoms with Gasteiger partial charge >= 0.3 is 5.97 Å². The number of carboxylic acids is 1. The van der Waals surface area contributed by atoms with Crippen LogP contribution in [-0.4, -0.2) is 71.4 Å². The normalized spacial score (nSPS) is 16.6. The average Bonchev–Trinajstić information content (AvgIpc) is 3.12. The van der Waals surface area contributed by atoms with Crippen LogP contribution in [-0.2, 0) is 16.1 Å². The molecule has 1 aliphatic heterocycles. The molecule has 0 spiro atoms. The Morgan fingerprint density at radius 3 is 2.64 bits per heavy atom. The number of aryl methyl sites for hydroxylation is 1. The van der Waals surface area contributed by atoms with Crippen molar-refractivity contribution in [3.05, 3.63) is 28.9 Å². The number of aliphatic carboxylic acids is 1. The number of rotatable bonds is 12. The first-order chi connectivity index (χ1) is 16.8. The molecule has 2 aromatic rings. The number of hydrogen-bond donors (Lipinski definition) is 2. The lowest BCUT2D eigenvalue weighted by Gasteiger charge is -2.38. The maximum atomic E-state index is 14.1. The molecule has 1 aromatic heterocycles. The van der Waals surface area contributed by atoms with E-state index in [1.807, 2.05) is 29.4 Å². The van der Waals surface area contributed by atoms with Gasteiger partial charge < -0.3 is 29.4 Å². The Morgan fingerprint density at radius 2 is 2.06 bits per heavy atom. The summed E-state index contributed by atoms with van der Waals surface area (Å²) in [5, 5.41) is 14.0. The number of carboxylic acid groups (broad SMARTS) is 1. The second-order valence-electron chi connectivity index (χ2n) is 9.33. The summed E-state index contributed by atoms with van der Waals surface area (Å²) in [5.74, 6) is -0.723. The van der Waals surface area contributed by atoms with Crippen LogP contribution in [0.25, 0.3) is 10.9 Å². The van der Waals surface area contributed by atoms with Gasteiger partial charge in [-0.3, -0.25) is 4.79 Å². The minimum Gasteiger partial charge on any atom is -0.479 e. The number of halogens is 2. The minimum atomic E-state index is -1.03. The zero-order valence-electron chi connectivity index (χ0n) is 21.6. The second kappa shape index (κ2) is 14.1. The number of para-hydroxylation sites is 1. The molecule has 0 aliphatic carbocycles. The average molecular weight is 545 g/mol. The molecule has 36 heavy (non-hydrogen) atoms. The summed E-state index contributed by atoms with van der Waals surface area (Å²) in [5.41, 5.74) is 1.08. The first-order valence-electron chi connectivity index (χ1n) is 12.5. The number of benzene rings is 1. The lowest BCUT2D eigenvalue weighted by Crippen LogP contribution is -2.52. The standard InChI is InChI=1S/C26H38ClN3O5.ClH/c1-5-20(26(32)33)35-21-12-8-11-19-22(27)24(29(23(19)21)14-6-7-15-34-4)25(31)30(17(2)3)18-10-9-13-28-16-18;/h8,11-12,17-18,20,28H,5-7,9-10,13-16H2,1-4H3,(H,32,33);1H/t18-,20?;/m1./s1. The van der Waals surface area contributed by atoms with Gasteiger partial charge in [0.05, 0.1) is 10.5 Å². The Labute approximate surface area is 224 Å². The van der Waals surface area contributed by atoms with E-state index in [1.54, 1.807) is 26.2 Å². The highest BCUT2D eigenvalue weighted by Gasteiger charge is 2.33. The molecule has 202 valence electrons. The molecule has 2 heterocycles. The highest BCUT2D eigenvalue weighted by atomic mass is 35.5. The molecule has 1 fully saturated rings. The van der Waals surface area contributed by atoms with E-state index in [4.69, 9.17) is 21.1 Å². The molecule has 0 bridgehead atoms. The van der Waals surface area contributed by atoms with E-state index in [1.165, 1.54) is 0 Å². The van der Waals surface area contributed by atoms with E-state index in [0.717, 1.165) is 38.8 Å². The molecular weight excluding hydrogens is 505 g/mol. The lowest BCUT2D eigenvalue weighted by atomic mass is 10.0. The van der Waals surface area contributed by atoms with Gasteiger partial charge in [-0.1, -0.05) is 30.7 Å². The first-order valence-corrected chi connectivity index (χ1v) is 12.9. The van der Waals surface area contributed by atoms with Crippen LogP contribution in [0, 0.1) is 0 Å². The van der Waals surface area contributed by atoms with Crippen molar-refractivity contribution in [3.8, 4) is 5.75 Å². The fourth-order valence-corrected chi connectivity index (χ4v) is 5.19. The number of amides is 1. The number of fused-ring (bicyclic) bond motifs is 1. The van der Waals surface area contributed by atoms with E-state index >= 15 is 0 Å². The highest BCUT2D eigenvalue weighted by molar-refractivity contribution is 6.39. The van der Waals surface area contributed by atoms with Gasteiger partial charge in [-0.2, -0.15) is 0 Å². The molecule has 8 nitrogen and oxygen atoms in total. The van der Waals surface area contributed by atoms with Crippen LogP contribution in [0.1, 0.15) is 63.4 Å². The van der Waals surface area contributed by atoms with Crippen molar-refractivity contribution in [1.29, 1.82) is 0 Å². The van der Waals surface area contributed by atoms with Crippen LogP contribution in [0.4, 0.5) is 0 Å². The molecule has 2 N–H and O–H groups in total. The van der Waals surface area contributed by atoms with Gasteiger partial charge in [0.15, 0.2) is 6.10 Å². The Kier molecular flexibility index (Phi) is 11.8. The minimum absolute atomic E-state index is 0. The van der Waals surface area contributed by atoms with Crippen molar-refractivity contribution in [2.75, 3.05) is 26.8 Å². The van der Waals surface area contributed by atoms with Crippen LogP contribution in [0.2, 0.25) is 5.02 Å². The van der Waals surface area contributed by atoms with Crippen molar-refractivity contribution >= 4 is 46.8 Å². The summed E-state index contributed by atoms with van der Waals surface area (Å²) in [6, 6.07) is 5.47. The topological polar surface area (TPSA) is 93.0 Å². The molecule has 0 radical (unpaired) electrons. The molecule has 2 atom stereocenters. The Hall–Kier alpha value is -2.00. The van der Waals surface area contributed by atoms with E-state index in [0.29, 0.717) is 46.9 Å². The second-order valence-corrected chi connectivity index (χ2v) is 9.70. The largest absolute Gasteiger partial charge is 0.479 e.